The summed E-state index contributed by atoms with van der Waals surface area (Å²) in [5.74, 6) is 1.39. The molecule has 172 valence electrons. The topological polar surface area (TPSA) is 132 Å². The molecule has 2 aliphatic carbocycles. The highest BCUT2D eigenvalue weighted by Gasteiger charge is 2.43. The van der Waals surface area contributed by atoms with Gasteiger partial charge in [-0.25, -0.2) is 20.0 Å². The number of thioether (sulfide) groups is 2. The predicted octanol–water partition coefficient (Wildman–Crippen LogP) is 1.65. The van der Waals surface area contributed by atoms with Crippen LogP contribution < -0.4 is 21.7 Å². The molecule has 2 saturated carbocycles. The maximum absolute atomic E-state index is 12.5. The first-order valence-corrected chi connectivity index (χ1v) is 13.3. The van der Waals surface area contributed by atoms with Crippen molar-refractivity contribution in [3.8, 4) is 0 Å². The second-order valence-electron chi connectivity index (χ2n) is 8.82. The maximum Gasteiger partial charge on any atom is 0.248 e. The van der Waals surface area contributed by atoms with E-state index in [0.717, 1.165) is 51.4 Å². The van der Waals surface area contributed by atoms with Crippen LogP contribution in [0.1, 0.15) is 64.2 Å². The minimum atomic E-state index is -0.425. The van der Waals surface area contributed by atoms with Gasteiger partial charge in [0.2, 0.25) is 11.8 Å². The van der Waals surface area contributed by atoms with E-state index in [0.29, 0.717) is 22.0 Å². The quantitative estimate of drug-likeness (QED) is 0.420. The fourth-order valence-electron chi connectivity index (χ4n) is 4.90. The third kappa shape index (κ3) is 4.39. The number of nitrogens with one attached hydrogen (secondary N) is 4. The number of hydrazine groups is 2. The molecular formula is C20H28N8O2S2. The minimum Gasteiger partial charge on any atom is -0.283 e. The summed E-state index contributed by atoms with van der Waals surface area (Å²) in [6, 6.07) is 0. The molecule has 5 rings (SSSR count). The van der Waals surface area contributed by atoms with Gasteiger partial charge in [0.25, 0.3) is 0 Å². The standard InChI is InChI=1S/C20H28N8O2S2/c29-13-12-32-18-22-16(20(24-18)9-5-2-6-10-20)28-26-14(30)11-31-17-21-15(27-25-13)19(23-17)7-3-1-4-8-19/h1-12H2,(H,25,29)(H,26,30)(H,21,23,27)(H,22,24,28). The van der Waals surface area contributed by atoms with Crippen LogP contribution in [0.15, 0.2) is 20.0 Å². The molecule has 32 heavy (non-hydrogen) atoms. The molecule has 2 amide bonds. The van der Waals surface area contributed by atoms with Crippen molar-refractivity contribution in [2.75, 3.05) is 11.5 Å². The summed E-state index contributed by atoms with van der Waals surface area (Å²) >= 11 is 2.61. The highest BCUT2D eigenvalue weighted by atomic mass is 32.2. The Hall–Kier alpha value is -2.08. The summed E-state index contributed by atoms with van der Waals surface area (Å²) in [4.78, 5) is 44.1. The van der Waals surface area contributed by atoms with Gasteiger partial charge in [0.1, 0.15) is 11.1 Å². The molecular weight excluding hydrogens is 448 g/mol. The number of amides is 2. The Kier molecular flexibility index (Phi) is 6.15. The molecule has 5 aliphatic rings. The molecule has 0 aromatic heterocycles. The molecule has 0 unspecified atom stereocenters. The minimum absolute atomic E-state index is 0.165. The average molecular weight is 477 g/mol. The van der Waals surface area contributed by atoms with Crippen LogP contribution in [-0.2, 0) is 9.59 Å². The molecule has 12 heteroatoms. The van der Waals surface area contributed by atoms with Gasteiger partial charge in [-0.3, -0.25) is 31.3 Å². The van der Waals surface area contributed by atoms with Crippen molar-refractivity contribution >= 4 is 57.3 Å². The molecule has 0 aromatic rings. The molecule has 3 aliphatic heterocycles. The van der Waals surface area contributed by atoms with Gasteiger partial charge in [0, 0.05) is 0 Å². The maximum atomic E-state index is 12.5. The third-order valence-electron chi connectivity index (χ3n) is 6.58. The van der Waals surface area contributed by atoms with E-state index in [1.165, 1.54) is 36.4 Å². The predicted molar refractivity (Wildman–Crippen MR) is 129 cm³/mol. The molecule has 4 bridgehead atoms. The lowest BCUT2D eigenvalue weighted by molar-refractivity contribution is -0.119. The lowest BCUT2D eigenvalue weighted by Crippen LogP contribution is -2.52. The largest absolute Gasteiger partial charge is 0.283 e. The van der Waals surface area contributed by atoms with E-state index in [9.17, 15) is 9.59 Å². The summed E-state index contributed by atoms with van der Waals surface area (Å²) in [6.45, 7) is 0. The number of fused-ring (bicyclic) bond motifs is 4. The number of amidine groups is 4. The van der Waals surface area contributed by atoms with Crippen molar-refractivity contribution in [1.82, 2.24) is 21.7 Å². The highest BCUT2D eigenvalue weighted by molar-refractivity contribution is 8.14. The fraction of sp³-hybridized carbons (Fsp3) is 0.700. The Bertz CT molecular complexity index is 843. The van der Waals surface area contributed by atoms with E-state index in [1.54, 1.807) is 0 Å². The Morgan fingerprint density at radius 1 is 0.594 bits per heavy atom. The molecule has 0 atom stereocenters. The van der Waals surface area contributed by atoms with Gasteiger partial charge in [-0.2, -0.15) is 0 Å². The van der Waals surface area contributed by atoms with Crippen LogP contribution in [0.25, 0.3) is 0 Å². The van der Waals surface area contributed by atoms with Crippen LogP contribution in [0.4, 0.5) is 0 Å². The lowest BCUT2D eigenvalue weighted by atomic mass is 9.81. The molecule has 4 N–H and O–H groups in total. The van der Waals surface area contributed by atoms with Gasteiger partial charge in [-0.15, -0.1) is 0 Å². The summed E-state index contributed by atoms with van der Waals surface area (Å²) in [7, 11) is 0. The van der Waals surface area contributed by atoms with Crippen molar-refractivity contribution in [1.29, 1.82) is 0 Å². The highest BCUT2D eigenvalue weighted by Crippen LogP contribution is 2.38. The first-order chi connectivity index (χ1) is 15.6. The zero-order valence-electron chi connectivity index (χ0n) is 17.9. The fourth-order valence-corrected chi connectivity index (χ4v) is 6.35. The smallest absolute Gasteiger partial charge is 0.248 e. The summed E-state index contributed by atoms with van der Waals surface area (Å²) in [5.41, 5.74) is 10.8. The van der Waals surface area contributed by atoms with Gasteiger partial charge in [-0.1, -0.05) is 62.0 Å². The first kappa shape index (κ1) is 21.7. The molecule has 10 nitrogen and oxygen atoms in total. The first-order valence-electron chi connectivity index (χ1n) is 11.3. The Labute approximate surface area is 195 Å². The van der Waals surface area contributed by atoms with E-state index in [4.69, 9.17) is 9.98 Å². The van der Waals surface area contributed by atoms with Crippen LogP contribution in [-0.4, -0.2) is 56.4 Å². The second-order valence-corrected chi connectivity index (χ2v) is 10.7. The molecule has 2 spiro atoms. The van der Waals surface area contributed by atoms with E-state index in [2.05, 4.69) is 31.7 Å². The number of carbonyl (C=O) groups is 2. The summed E-state index contributed by atoms with van der Waals surface area (Å²) in [6.07, 6.45) is 10.2. The van der Waals surface area contributed by atoms with Gasteiger partial charge in [-0.05, 0) is 25.7 Å². The lowest BCUT2D eigenvalue weighted by Gasteiger charge is -2.32. The zero-order chi connectivity index (χ0) is 22.0. The number of carbonyl (C=O) groups excluding carboxylic acids is 2. The second kappa shape index (κ2) is 9.05. The van der Waals surface area contributed by atoms with Crippen LogP contribution in [0.3, 0.4) is 0 Å². The number of rotatable bonds is 0. The van der Waals surface area contributed by atoms with Gasteiger partial charge >= 0.3 is 0 Å². The Balaban J connectivity index is 1.34. The van der Waals surface area contributed by atoms with Crippen molar-refractivity contribution < 1.29 is 9.59 Å². The van der Waals surface area contributed by atoms with E-state index in [-0.39, 0.29) is 23.3 Å². The normalized spacial score (nSPS) is 27.4. The average Bonchev–Trinajstić information content (AvgIpc) is 3.31. The number of hydrogen-bond donors (Lipinski definition) is 4. The molecule has 0 saturated heterocycles. The van der Waals surface area contributed by atoms with Gasteiger partial charge in [0.05, 0.1) is 11.5 Å². The van der Waals surface area contributed by atoms with Crippen molar-refractivity contribution in [3.05, 3.63) is 0 Å². The van der Waals surface area contributed by atoms with Crippen molar-refractivity contribution in [2.24, 2.45) is 20.0 Å². The summed E-state index contributed by atoms with van der Waals surface area (Å²) < 4.78 is 0. The van der Waals surface area contributed by atoms with Crippen LogP contribution in [0.5, 0.6) is 0 Å². The summed E-state index contributed by atoms with van der Waals surface area (Å²) in [5, 5.41) is 1.15. The van der Waals surface area contributed by atoms with Crippen molar-refractivity contribution in [2.45, 2.75) is 75.3 Å². The van der Waals surface area contributed by atoms with Crippen LogP contribution in [0, 0.1) is 0 Å². The molecule has 2 fully saturated rings. The third-order valence-corrected chi connectivity index (χ3v) is 8.28. The zero-order valence-corrected chi connectivity index (χ0v) is 19.5. The Morgan fingerprint density at radius 2 is 1.00 bits per heavy atom. The molecule has 0 aromatic carbocycles. The monoisotopic (exact) mass is 476 g/mol. The van der Waals surface area contributed by atoms with Gasteiger partial charge in [0.15, 0.2) is 22.0 Å². The Morgan fingerprint density at radius 3 is 1.41 bits per heavy atom. The van der Waals surface area contributed by atoms with Crippen LogP contribution >= 0.6 is 23.5 Å². The van der Waals surface area contributed by atoms with E-state index >= 15 is 0 Å². The number of aliphatic imine (C=N–C) groups is 4. The number of hydrogen-bond acceptors (Lipinski definition) is 10. The van der Waals surface area contributed by atoms with E-state index < -0.39 is 11.1 Å². The van der Waals surface area contributed by atoms with Gasteiger partial charge < -0.3 is 0 Å². The molecule has 3 heterocycles. The SMILES string of the molecule is O=C1CSC2=NC3(CCCCC3)C(=N2)NNC(=O)CSC2=NC3(CCCCC3)C(=N2)NN1. The molecule has 0 radical (unpaired) electrons. The van der Waals surface area contributed by atoms with E-state index in [1.807, 2.05) is 0 Å². The van der Waals surface area contributed by atoms with Crippen LogP contribution in [0.2, 0.25) is 0 Å². The van der Waals surface area contributed by atoms with Crippen molar-refractivity contribution in [3.63, 3.8) is 0 Å². The number of nitrogens with zero attached hydrogens (tertiary/aromatic N) is 4.